The van der Waals surface area contributed by atoms with E-state index in [1.165, 1.54) is 0 Å². The van der Waals surface area contributed by atoms with Crippen molar-refractivity contribution in [1.29, 1.82) is 0 Å². The van der Waals surface area contributed by atoms with Crippen LogP contribution in [0.15, 0.2) is 29.4 Å². The number of oxime groups is 1. The first kappa shape index (κ1) is 11.9. The molecule has 0 spiro atoms. The minimum atomic E-state index is -0.627. The summed E-state index contributed by atoms with van der Waals surface area (Å²) in [6, 6.07) is 6.95. The van der Waals surface area contributed by atoms with Crippen LogP contribution >= 0.6 is 11.6 Å². The van der Waals surface area contributed by atoms with Gasteiger partial charge in [-0.3, -0.25) is 10.2 Å². The Morgan fingerprint density at radius 2 is 2.18 bits per heavy atom. The molecule has 0 aromatic heterocycles. The van der Waals surface area contributed by atoms with Crippen molar-refractivity contribution >= 4 is 29.1 Å². The van der Waals surface area contributed by atoms with Crippen LogP contribution in [0.1, 0.15) is 19.8 Å². The van der Waals surface area contributed by atoms with E-state index in [9.17, 15) is 4.79 Å². The summed E-state index contributed by atoms with van der Waals surface area (Å²) in [4.78, 5) is 16.2. The Morgan fingerprint density at radius 1 is 1.47 bits per heavy atom. The summed E-state index contributed by atoms with van der Waals surface area (Å²) in [6.45, 7) is 1.86. The third kappa shape index (κ3) is 3.46. The average Bonchev–Trinajstić information content (AvgIpc) is 3.13. The van der Waals surface area contributed by atoms with Crippen molar-refractivity contribution in [3.63, 3.8) is 0 Å². The maximum Gasteiger partial charge on any atom is 0.437 e. The van der Waals surface area contributed by atoms with Crippen LogP contribution in [0.3, 0.4) is 0 Å². The van der Waals surface area contributed by atoms with Crippen LogP contribution in [-0.4, -0.2) is 11.8 Å². The van der Waals surface area contributed by atoms with E-state index in [0.29, 0.717) is 16.6 Å². The number of para-hydroxylation sites is 1. The molecular formula is C12H13ClN2O2. The number of anilines is 1. The Labute approximate surface area is 105 Å². The lowest BCUT2D eigenvalue weighted by Gasteiger charge is -2.04. The maximum atomic E-state index is 11.4. The molecule has 2 rings (SSSR count). The van der Waals surface area contributed by atoms with Crippen LogP contribution < -0.4 is 5.32 Å². The molecule has 1 aromatic rings. The molecule has 0 atom stereocenters. The molecule has 90 valence electrons. The molecule has 1 saturated carbocycles. The van der Waals surface area contributed by atoms with Crippen LogP contribution in [-0.2, 0) is 4.84 Å². The summed E-state index contributed by atoms with van der Waals surface area (Å²) < 4.78 is 0. The van der Waals surface area contributed by atoms with E-state index in [1.807, 2.05) is 6.92 Å². The molecule has 5 heteroatoms. The van der Waals surface area contributed by atoms with Crippen molar-refractivity contribution in [2.24, 2.45) is 11.1 Å². The first-order valence-corrected chi connectivity index (χ1v) is 5.81. The number of hydrogen-bond acceptors (Lipinski definition) is 3. The summed E-state index contributed by atoms with van der Waals surface area (Å²) in [7, 11) is 0. The summed E-state index contributed by atoms with van der Waals surface area (Å²) in [6.07, 6.45) is 1.63. The van der Waals surface area contributed by atoms with Gasteiger partial charge in [0.15, 0.2) is 0 Å². The smallest absolute Gasteiger partial charge is 0.298 e. The highest BCUT2D eigenvalue weighted by molar-refractivity contribution is 6.33. The Bertz CT molecular complexity index is 456. The van der Waals surface area contributed by atoms with Gasteiger partial charge in [-0.1, -0.05) is 28.9 Å². The topological polar surface area (TPSA) is 50.7 Å². The van der Waals surface area contributed by atoms with Crippen molar-refractivity contribution in [3.8, 4) is 0 Å². The van der Waals surface area contributed by atoms with Gasteiger partial charge in [-0.15, -0.1) is 0 Å². The number of benzene rings is 1. The molecule has 0 aliphatic heterocycles. The highest BCUT2D eigenvalue weighted by Crippen LogP contribution is 2.30. The van der Waals surface area contributed by atoms with Gasteiger partial charge >= 0.3 is 6.09 Å². The lowest BCUT2D eigenvalue weighted by Crippen LogP contribution is -2.12. The predicted molar refractivity (Wildman–Crippen MR) is 67.4 cm³/mol. The van der Waals surface area contributed by atoms with Gasteiger partial charge in [-0.05, 0) is 31.9 Å². The highest BCUT2D eigenvalue weighted by atomic mass is 35.5. The standard InChI is InChI=1S/C12H13ClN2O2/c1-8(9-6-7-9)15-17-12(16)14-11-5-3-2-4-10(11)13/h2-5,9H,6-7H2,1H3,(H,14,16)/b15-8-. The quantitative estimate of drug-likeness (QED) is 0.507. The average molecular weight is 253 g/mol. The molecule has 0 bridgehead atoms. The normalized spacial score (nSPS) is 15.5. The fourth-order valence-corrected chi connectivity index (χ4v) is 1.57. The Kier molecular flexibility index (Phi) is 3.64. The molecule has 1 aliphatic carbocycles. The van der Waals surface area contributed by atoms with Crippen LogP contribution in [0.25, 0.3) is 0 Å². The summed E-state index contributed by atoms with van der Waals surface area (Å²) in [5.74, 6) is 0.489. The second-order valence-electron chi connectivity index (χ2n) is 3.99. The SMILES string of the molecule is C/C(=N/OC(=O)Nc1ccccc1Cl)C1CC1. The monoisotopic (exact) mass is 252 g/mol. The third-order valence-corrected chi connectivity index (χ3v) is 2.88. The van der Waals surface area contributed by atoms with Gasteiger partial charge in [0, 0.05) is 5.92 Å². The third-order valence-electron chi connectivity index (χ3n) is 2.55. The molecule has 0 heterocycles. The molecule has 0 saturated heterocycles. The summed E-state index contributed by atoms with van der Waals surface area (Å²) in [5, 5.41) is 6.76. The molecule has 1 aromatic carbocycles. The first-order chi connectivity index (χ1) is 8.16. The second-order valence-corrected chi connectivity index (χ2v) is 4.40. The maximum absolute atomic E-state index is 11.4. The van der Waals surface area contributed by atoms with Gasteiger partial charge in [0.2, 0.25) is 0 Å². The lowest BCUT2D eigenvalue weighted by molar-refractivity contribution is 0.166. The lowest BCUT2D eigenvalue weighted by atomic mass is 10.3. The van der Waals surface area contributed by atoms with Gasteiger partial charge < -0.3 is 0 Å². The van der Waals surface area contributed by atoms with Gasteiger partial charge in [0.25, 0.3) is 0 Å². The van der Waals surface area contributed by atoms with Crippen LogP contribution in [0.4, 0.5) is 10.5 Å². The van der Waals surface area contributed by atoms with E-state index in [4.69, 9.17) is 16.4 Å². The van der Waals surface area contributed by atoms with Crippen molar-refractivity contribution in [2.45, 2.75) is 19.8 Å². The van der Waals surface area contributed by atoms with Gasteiger partial charge in [0.05, 0.1) is 16.4 Å². The minimum absolute atomic E-state index is 0.465. The van der Waals surface area contributed by atoms with E-state index < -0.39 is 6.09 Å². The van der Waals surface area contributed by atoms with Crippen molar-refractivity contribution in [1.82, 2.24) is 0 Å². The highest BCUT2D eigenvalue weighted by Gasteiger charge is 2.25. The molecular weight excluding hydrogens is 240 g/mol. The number of nitrogens with one attached hydrogen (secondary N) is 1. The second kappa shape index (κ2) is 5.19. The Balaban J connectivity index is 1.89. The minimum Gasteiger partial charge on any atom is -0.298 e. The number of hydrogen-bond donors (Lipinski definition) is 1. The van der Waals surface area contributed by atoms with Crippen LogP contribution in [0.5, 0.6) is 0 Å². The molecule has 1 amide bonds. The molecule has 1 fully saturated rings. The molecule has 1 N–H and O–H groups in total. The van der Waals surface area contributed by atoms with Crippen molar-refractivity contribution in [3.05, 3.63) is 29.3 Å². The number of carbonyl (C=O) groups is 1. The molecule has 0 radical (unpaired) electrons. The summed E-state index contributed by atoms with van der Waals surface area (Å²) in [5.41, 5.74) is 1.37. The Morgan fingerprint density at radius 3 is 2.82 bits per heavy atom. The Hall–Kier alpha value is -1.55. The first-order valence-electron chi connectivity index (χ1n) is 5.44. The van der Waals surface area contributed by atoms with E-state index in [-0.39, 0.29) is 0 Å². The number of nitrogens with zero attached hydrogens (tertiary/aromatic N) is 1. The van der Waals surface area contributed by atoms with Crippen LogP contribution in [0.2, 0.25) is 5.02 Å². The van der Waals surface area contributed by atoms with E-state index in [2.05, 4.69) is 10.5 Å². The fraction of sp³-hybridized carbons (Fsp3) is 0.333. The van der Waals surface area contributed by atoms with Gasteiger partial charge in [0.1, 0.15) is 0 Å². The van der Waals surface area contributed by atoms with E-state index in [0.717, 1.165) is 18.6 Å². The molecule has 17 heavy (non-hydrogen) atoms. The van der Waals surface area contributed by atoms with E-state index in [1.54, 1.807) is 24.3 Å². The van der Waals surface area contributed by atoms with Gasteiger partial charge in [-0.2, -0.15) is 0 Å². The van der Waals surface area contributed by atoms with Crippen LogP contribution in [0, 0.1) is 5.92 Å². The zero-order valence-corrected chi connectivity index (χ0v) is 10.2. The number of amides is 1. The van der Waals surface area contributed by atoms with Gasteiger partial charge in [-0.25, -0.2) is 4.79 Å². The fourth-order valence-electron chi connectivity index (χ4n) is 1.38. The molecule has 4 nitrogen and oxygen atoms in total. The van der Waals surface area contributed by atoms with E-state index >= 15 is 0 Å². The largest absolute Gasteiger partial charge is 0.437 e. The zero-order chi connectivity index (χ0) is 12.3. The number of halogens is 1. The predicted octanol–water partition coefficient (Wildman–Crippen LogP) is 3.67. The van der Waals surface area contributed by atoms with Crippen molar-refractivity contribution < 1.29 is 9.63 Å². The number of carbonyl (C=O) groups excluding carboxylic acids is 1. The molecule has 1 aliphatic rings. The van der Waals surface area contributed by atoms with Crippen molar-refractivity contribution in [2.75, 3.05) is 5.32 Å². The number of rotatable bonds is 3. The zero-order valence-electron chi connectivity index (χ0n) is 9.44. The summed E-state index contributed by atoms with van der Waals surface area (Å²) >= 11 is 5.89. The molecule has 0 unspecified atom stereocenters.